The molecule has 0 atom stereocenters. The standard InChI is InChI=1S/C24H40N6O.HI/c1-2-25-24(27-20-23(31)30-14-8-9-15-30)26-12-6-7-13-28-16-18-29(19-17-28)21-22-10-4-3-5-11-22;/h3-5,10-11H,2,6-9,12-21H2,1H3,(H2,25,26,27);1H. The zero-order valence-corrected chi connectivity index (χ0v) is 21.9. The van der Waals surface area contributed by atoms with Crippen molar-refractivity contribution in [3.8, 4) is 0 Å². The molecule has 1 aromatic carbocycles. The van der Waals surface area contributed by atoms with Gasteiger partial charge in [-0.05, 0) is 44.7 Å². The third-order valence-corrected chi connectivity index (χ3v) is 6.08. The molecule has 0 saturated carbocycles. The van der Waals surface area contributed by atoms with Crippen molar-refractivity contribution in [3.05, 3.63) is 35.9 Å². The molecular weight excluding hydrogens is 515 g/mol. The van der Waals surface area contributed by atoms with Crippen LogP contribution in [0.25, 0.3) is 0 Å². The first-order valence-electron chi connectivity index (χ1n) is 12.0. The van der Waals surface area contributed by atoms with Crippen LogP contribution in [0.2, 0.25) is 0 Å². The van der Waals surface area contributed by atoms with Crippen molar-refractivity contribution in [2.24, 2.45) is 4.99 Å². The van der Waals surface area contributed by atoms with Gasteiger partial charge in [-0.25, -0.2) is 4.99 Å². The van der Waals surface area contributed by atoms with Gasteiger partial charge in [0.25, 0.3) is 0 Å². The van der Waals surface area contributed by atoms with Crippen LogP contribution in [-0.2, 0) is 11.3 Å². The summed E-state index contributed by atoms with van der Waals surface area (Å²) in [6.07, 6.45) is 4.53. The number of guanidine groups is 1. The van der Waals surface area contributed by atoms with Gasteiger partial charge < -0.3 is 20.4 Å². The highest BCUT2D eigenvalue weighted by Crippen LogP contribution is 2.09. The Morgan fingerprint density at radius 2 is 1.62 bits per heavy atom. The van der Waals surface area contributed by atoms with Crippen molar-refractivity contribution < 1.29 is 4.79 Å². The molecule has 180 valence electrons. The number of aliphatic imine (C=N–C) groups is 1. The van der Waals surface area contributed by atoms with Crippen molar-refractivity contribution in [1.82, 2.24) is 25.3 Å². The Hall–Kier alpha value is -1.39. The second-order valence-corrected chi connectivity index (χ2v) is 8.52. The Bertz CT molecular complexity index is 672. The fourth-order valence-electron chi connectivity index (χ4n) is 4.23. The molecular formula is C24H41IN6O. The summed E-state index contributed by atoms with van der Waals surface area (Å²) in [7, 11) is 0. The maximum Gasteiger partial charge on any atom is 0.244 e. The molecule has 0 unspecified atom stereocenters. The molecule has 0 aromatic heterocycles. The van der Waals surface area contributed by atoms with Crippen LogP contribution >= 0.6 is 24.0 Å². The fourth-order valence-corrected chi connectivity index (χ4v) is 4.23. The molecule has 0 spiro atoms. The number of amides is 1. The molecule has 2 aliphatic heterocycles. The van der Waals surface area contributed by atoms with Crippen LogP contribution in [0.1, 0.15) is 38.2 Å². The van der Waals surface area contributed by atoms with E-state index in [1.165, 1.54) is 12.0 Å². The lowest BCUT2D eigenvalue weighted by Gasteiger charge is -2.34. The normalized spacial score (nSPS) is 17.8. The second-order valence-electron chi connectivity index (χ2n) is 8.52. The number of nitrogens with one attached hydrogen (secondary N) is 2. The predicted octanol–water partition coefficient (Wildman–Crippen LogP) is 2.38. The number of rotatable bonds is 10. The quantitative estimate of drug-likeness (QED) is 0.201. The summed E-state index contributed by atoms with van der Waals surface area (Å²) >= 11 is 0. The monoisotopic (exact) mass is 556 g/mol. The molecule has 32 heavy (non-hydrogen) atoms. The minimum absolute atomic E-state index is 0. The summed E-state index contributed by atoms with van der Waals surface area (Å²) in [4.78, 5) is 23.7. The fraction of sp³-hybridized carbons (Fsp3) is 0.667. The van der Waals surface area contributed by atoms with Crippen LogP contribution in [0.4, 0.5) is 0 Å². The maximum absolute atomic E-state index is 12.2. The summed E-state index contributed by atoms with van der Waals surface area (Å²) in [5.74, 6) is 0.894. The van der Waals surface area contributed by atoms with Gasteiger partial charge in [0.05, 0.1) is 0 Å². The Morgan fingerprint density at radius 3 is 2.31 bits per heavy atom. The number of piperazine rings is 1. The van der Waals surface area contributed by atoms with Crippen molar-refractivity contribution >= 4 is 35.8 Å². The molecule has 0 bridgehead atoms. The van der Waals surface area contributed by atoms with E-state index in [1.54, 1.807) is 0 Å². The third-order valence-electron chi connectivity index (χ3n) is 6.08. The lowest BCUT2D eigenvalue weighted by Crippen LogP contribution is -2.46. The number of hydrogen-bond acceptors (Lipinski definition) is 4. The van der Waals surface area contributed by atoms with Crippen LogP contribution in [-0.4, -0.2) is 92.0 Å². The van der Waals surface area contributed by atoms with Gasteiger partial charge in [-0.1, -0.05) is 30.3 Å². The van der Waals surface area contributed by atoms with Gasteiger partial charge in [-0.15, -0.1) is 24.0 Å². The van der Waals surface area contributed by atoms with Gasteiger partial charge >= 0.3 is 0 Å². The van der Waals surface area contributed by atoms with E-state index >= 15 is 0 Å². The number of nitrogens with zero attached hydrogens (tertiary/aromatic N) is 4. The van der Waals surface area contributed by atoms with Gasteiger partial charge in [-0.2, -0.15) is 0 Å². The molecule has 7 nitrogen and oxygen atoms in total. The SMILES string of the molecule is CCNC(=NCC(=O)N1CCCC1)NCCCCN1CCN(Cc2ccccc2)CC1.I. The van der Waals surface area contributed by atoms with E-state index in [9.17, 15) is 4.79 Å². The van der Waals surface area contributed by atoms with Crippen LogP contribution in [0.5, 0.6) is 0 Å². The van der Waals surface area contributed by atoms with Gasteiger partial charge in [0.15, 0.2) is 5.96 Å². The molecule has 8 heteroatoms. The van der Waals surface area contributed by atoms with Gasteiger partial charge in [0, 0.05) is 58.9 Å². The summed E-state index contributed by atoms with van der Waals surface area (Å²) in [5, 5.41) is 6.63. The van der Waals surface area contributed by atoms with Gasteiger partial charge in [0.2, 0.25) is 5.91 Å². The Labute approximate surface area is 211 Å². The maximum atomic E-state index is 12.2. The molecule has 0 aliphatic carbocycles. The third kappa shape index (κ3) is 9.62. The second kappa shape index (κ2) is 15.4. The van der Waals surface area contributed by atoms with E-state index in [4.69, 9.17) is 0 Å². The average molecular weight is 557 g/mol. The number of carbonyl (C=O) groups excluding carboxylic acids is 1. The smallest absolute Gasteiger partial charge is 0.244 e. The van der Waals surface area contributed by atoms with Gasteiger partial charge in [0.1, 0.15) is 6.54 Å². The first-order chi connectivity index (χ1) is 15.2. The Morgan fingerprint density at radius 1 is 0.938 bits per heavy atom. The predicted molar refractivity (Wildman–Crippen MR) is 143 cm³/mol. The van der Waals surface area contributed by atoms with Crippen LogP contribution in [0.3, 0.4) is 0 Å². The molecule has 2 fully saturated rings. The van der Waals surface area contributed by atoms with Crippen LogP contribution in [0, 0.1) is 0 Å². The Kier molecular flexibility index (Phi) is 13.0. The first-order valence-corrected chi connectivity index (χ1v) is 12.0. The summed E-state index contributed by atoms with van der Waals surface area (Å²) < 4.78 is 0. The molecule has 1 amide bonds. The van der Waals surface area contributed by atoms with Crippen molar-refractivity contribution in [3.63, 3.8) is 0 Å². The van der Waals surface area contributed by atoms with Gasteiger partial charge in [-0.3, -0.25) is 9.69 Å². The summed E-state index contributed by atoms with van der Waals surface area (Å²) in [6, 6.07) is 10.8. The molecule has 2 saturated heterocycles. The topological polar surface area (TPSA) is 63.2 Å². The number of halogens is 1. The minimum Gasteiger partial charge on any atom is -0.357 e. The summed E-state index contributed by atoms with van der Waals surface area (Å²) in [6.45, 7) is 12.6. The van der Waals surface area contributed by atoms with Crippen molar-refractivity contribution in [1.29, 1.82) is 0 Å². The number of benzene rings is 1. The van der Waals surface area contributed by atoms with E-state index in [0.717, 1.165) is 90.7 Å². The zero-order chi connectivity index (χ0) is 21.7. The van der Waals surface area contributed by atoms with E-state index in [2.05, 4.69) is 62.7 Å². The molecule has 3 rings (SSSR count). The molecule has 2 aliphatic rings. The highest BCUT2D eigenvalue weighted by Gasteiger charge is 2.18. The molecule has 2 N–H and O–H groups in total. The highest BCUT2D eigenvalue weighted by molar-refractivity contribution is 14.0. The highest BCUT2D eigenvalue weighted by atomic mass is 127. The average Bonchev–Trinajstić information content (AvgIpc) is 3.34. The lowest BCUT2D eigenvalue weighted by molar-refractivity contribution is -0.128. The first kappa shape index (κ1) is 26.9. The number of unbranched alkanes of at least 4 members (excludes halogenated alkanes) is 1. The van der Waals surface area contributed by atoms with Crippen LogP contribution in [0.15, 0.2) is 35.3 Å². The van der Waals surface area contributed by atoms with E-state index in [1.807, 2.05) is 4.90 Å². The van der Waals surface area contributed by atoms with E-state index in [-0.39, 0.29) is 36.4 Å². The number of likely N-dealkylation sites (tertiary alicyclic amines) is 1. The zero-order valence-electron chi connectivity index (χ0n) is 19.6. The molecule has 0 radical (unpaired) electrons. The largest absolute Gasteiger partial charge is 0.357 e. The van der Waals surface area contributed by atoms with Crippen LogP contribution < -0.4 is 10.6 Å². The van der Waals surface area contributed by atoms with Crippen molar-refractivity contribution in [2.45, 2.75) is 39.2 Å². The Balaban J connectivity index is 0.00000363. The van der Waals surface area contributed by atoms with Crippen molar-refractivity contribution in [2.75, 3.05) is 65.4 Å². The minimum atomic E-state index is 0. The lowest BCUT2D eigenvalue weighted by atomic mass is 10.2. The summed E-state index contributed by atoms with van der Waals surface area (Å²) in [5.41, 5.74) is 1.40. The number of carbonyl (C=O) groups is 1. The van der Waals surface area contributed by atoms with E-state index < -0.39 is 0 Å². The number of hydrogen-bond donors (Lipinski definition) is 2. The van der Waals surface area contributed by atoms with E-state index in [0.29, 0.717) is 0 Å². The molecule has 1 aromatic rings. The molecule has 2 heterocycles.